The highest BCUT2D eigenvalue weighted by Crippen LogP contribution is 2.45. The van der Waals surface area contributed by atoms with Crippen LogP contribution in [0.4, 0.5) is 5.69 Å². The molecule has 124 valence electrons. The van der Waals surface area contributed by atoms with Crippen LogP contribution in [0.3, 0.4) is 0 Å². The van der Waals surface area contributed by atoms with E-state index in [9.17, 15) is 0 Å². The van der Waals surface area contributed by atoms with E-state index in [-0.39, 0.29) is 6.04 Å². The second kappa shape index (κ2) is 6.66. The number of anilines is 1. The molecule has 0 spiro atoms. The molecule has 0 radical (unpaired) electrons. The van der Waals surface area contributed by atoms with Gasteiger partial charge in [0.1, 0.15) is 17.6 Å². The number of para-hydroxylation sites is 2. The van der Waals surface area contributed by atoms with E-state index >= 15 is 0 Å². The van der Waals surface area contributed by atoms with Gasteiger partial charge in [0.25, 0.3) is 0 Å². The molecule has 0 N–H and O–H groups in total. The molecule has 1 atom stereocenters. The average molecular weight is 348 g/mol. The lowest BCUT2D eigenvalue weighted by Gasteiger charge is -2.40. The van der Waals surface area contributed by atoms with E-state index < -0.39 is 0 Å². The lowest BCUT2D eigenvalue weighted by atomic mass is 9.99. The van der Waals surface area contributed by atoms with Gasteiger partial charge in [-0.2, -0.15) is 0 Å². The minimum absolute atomic E-state index is 0.135. The first-order chi connectivity index (χ1) is 12.2. The van der Waals surface area contributed by atoms with E-state index in [1.165, 1.54) is 5.56 Å². The van der Waals surface area contributed by atoms with Gasteiger partial charge >= 0.3 is 0 Å². The Morgan fingerprint density at radius 1 is 0.880 bits per heavy atom. The zero-order chi connectivity index (χ0) is 17.2. The standard InChI is InChI=1S/C22H18ClNO/c1-16-22(18-11-5-6-12-19(18)23)24(15-17-9-3-2-4-10-17)20-13-7-8-14-21(20)25-16/h2-14,22H,1,15H2/t22-/m1/s1. The van der Waals surface area contributed by atoms with Gasteiger partial charge in [0.2, 0.25) is 0 Å². The van der Waals surface area contributed by atoms with Crippen LogP contribution in [0.25, 0.3) is 0 Å². The van der Waals surface area contributed by atoms with Crippen LogP contribution in [-0.4, -0.2) is 0 Å². The first-order valence-corrected chi connectivity index (χ1v) is 8.62. The van der Waals surface area contributed by atoms with Crippen LogP contribution in [0.1, 0.15) is 17.2 Å². The maximum absolute atomic E-state index is 6.49. The number of fused-ring (bicyclic) bond motifs is 1. The Morgan fingerprint density at radius 3 is 2.36 bits per heavy atom. The van der Waals surface area contributed by atoms with Crippen molar-refractivity contribution in [2.75, 3.05) is 4.90 Å². The van der Waals surface area contributed by atoms with Crippen molar-refractivity contribution >= 4 is 17.3 Å². The lowest BCUT2D eigenvalue weighted by Crippen LogP contribution is -2.34. The van der Waals surface area contributed by atoms with Crippen molar-refractivity contribution in [2.45, 2.75) is 12.6 Å². The first-order valence-electron chi connectivity index (χ1n) is 8.25. The zero-order valence-electron chi connectivity index (χ0n) is 13.7. The summed E-state index contributed by atoms with van der Waals surface area (Å²) < 4.78 is 6.03. The highest BCUT2D eigenvalue weighted by Gasteiger charge is 2.33. The van der Waals surface area contributed by atoms with Crippen molar-refractivity contribution in [3.05, 3.63) is 107 Å². The van der Waals surface area contributed by atoms with E-state index in [0.717, 1.165) is 28.6 Å². The first kappa shape index (κ1) is 15.8. The summed E-state index contributed by atoms with van der Waals surface area (Å²) in [5, 5.41) is 0.717. The van der Waals surface area contributed by atoms with Crippen LogP contribution in [0.15, 0.2) is 91.2 Å². The summed E-state index contributed by atoms with van der Waals surface area (Å²) in [7, 11) is 0. The largest absolute Gasteiger partial charge is 0.458 e. The Bertz CT molecular complexity index is 907. The molecule has 0 aliphatic carbocycles. The summed E-state index contributed by atoms with van der Waals surface area (Å²) in [6, 6.07) is 26.2. The highest BCUT2D eigenvalue weighted by atomic mass is 35.5. The number of rotatable bonds is 3. The van der Waals surface area contributed by atoms with Crippen molar-refractivity contribution < 1.29 is 4.74 Å². The molecule has 3 heteroatoms. The Labute approximate surface area is 152 Å². The molecule has 25 heavy (non-hydrogen) atoms. The molecule has 0 amide bonds. The van der Waals surface area contributed by atoms with Crippen LogP contribution in [0, 0.1) is 0 Å². The van der Waals surface area contributed by atoms with Crippen LogP contribution >= 0.6 is 11.6 Å². The minimum atomic E-state index is -0.135. The van der Waals surface area contributed by atoms with Gasteiger partial charge in [-0.05, 0) is 23.8 Å². The van der Waals surface area contributed by atoms with Crippen molar-refractivity contribution in [2.24, 2.45) is 0 Å². The molecule has 1 aliphatic rings. The van der Waals surface area contributed by atoms with Crippen LogP contribution < -0.4 is 9.64 Å². The molecule has 0 bridgehead atoms. The Morgan fingerprint density at radius 2 is 1.56 bits per heavy atom. The molecule has 0 unspecified atom stereocenters. The topological polar surface area (TPSA) is 12.5 Å². The molecule has 0 aromatic heterocycles. The molecule has 0 saturated heterocycles. The van der Waals surface area contributed by atoms with E-state index in [0.29, 0.717) is 5.76 Å². The number of hydrogen-bond donors (Lipinski definition) is 0. The summed E-state index contributed by atoms with van der Waals surface area (Å²) in [5.74, 6) is 1.51. The number of nitrogens with zero attached hydrogens (tertiary/aromatic N) is 1. The smallest absolute Gasteiger partial charge is 0.150 e. The summed E-state index contributed by atoms with van der Waals surface area (Å²) >= 11 is 6.49. The molecule has 3 aromatic rings. The normalized spacial score (nSPS) is 16.3. The van der Waals surface area contributed by atoms with E-state index in [4.69, 9.17) is 16.3 Å². The summed E-state index contributed by atoms with van der Waals surface area (Å²) in [5.41, 5.74) is 3.27. The van der Waals surface area contributed by atoms with Gasteiger partial charge in [-0.15, -0.1) is 0 Å². The maximum atomic E-state index is 6.49. The molecule has 1 heterocycles. The van der Waals surface area contributed by atoms with Gasteiger partial charge < -0.3 is 9.64 Å². The molecule has 2 nitrogen and oxygen atoms in total. The minimum Gasteiger partial charge on any atom is -0.458 e. The lowest BCUT2D eigenvalue weighted by molar-refractivity contribution is 0.355. The van der Waals surface area contributed by atoms with Gasteiger partial charge in [-0.3, -0.25) is 0 Å². The third-order valence-electron chi connectivity index (χ3n) is 4.43. The van der Waals surface area contributed by atoms with Gasteiger partial charge in [0.15, 0.2) is 0 Å². The molecule has 0 fully saturated rings. The van der Waals surface area contributed by atoms with E-state index in [1.54, 1.807) is 0 Å². The fourth-order valence-electron chi connectivity index (χ4n) is 3.29. The fourth-order valence-corrected chi connectivity index (χ4v) is 3.52. The molecular weight excluding hydrogens is 330 g/mol. The molecule has 4 rings (SSSR count). The van der Waals surface area contributed by atoms with Crippen LogP contribution in [-0.2, 0) is 6.54 Å². The second-order valence-electron chi connectivity index (χ2n) is 6.07. The monoisotopic (exact) mass is 347 g/mol. The summed E-state index contributed by atoms with van der Waals surface area (Å²) in [4.78, 5) is 2.30. The van der Waals surface area contributed by atoms with Crippen molar-refractivity contribution in [3.8, 4) is 5.75 Å². The Kier molecular flexibility index (Phi) is 4.21. The third-order valence-corrected chi connectivity index (χ3v) is 4.77. The molecular formula is C22H18ClNO. The van der Waals surface area contributed by atoms with Crippen molar-refractivity contribution in [3.63, 3.8) is 0 Å². The van der Waals surface area contributed by atoms with Crippen LogP contribution in [0.5, 0.6) is 5.75 Å². The summed E-state index contributed by atoms with van der Waals surface area (Å²) in [6.07, 6.45) is 0. The average Bonchev–Trinajstić information content (AvgIpc) is 2.64. The number of ether oxygens (including phenoxy) is 1. The van der Waals surface area contributed by atoms with Gasteiger partial charge in [0.05, 0.1) is 5.69 Å². The van der Waals surface area contributed by atoms with Gasteiger partial charge in [-0.1, -0.05) is 78.8 Å². The van der Waals surface area contributed by atoms with Crippen molar-refractivity contribution in [1.82, 2.24) is 0 Å². The zero-order valence-corrected chi connectivity index (χ0v) is 14.5. The third kappa shape index (κ3) is 3.01. The van der Waals surface area contributed by atoms with Crippen LogP contribution in [0.2, 0.25) is 5.02 Å². The predicted molar refractivity (Wildman–Crippen MR) is 103 cm³/mol. The highest BCUT2D eigenvalue weighted by molar-refractivity contribution is 6.31. The van der Waals surface area contributed by atoms with Gasteiger partial charge in [-0.25, -0.2) is 0 Å². The Hall–Kier alpha value is -2.71. The van der Waals surface area contributed by atoms with Crippen molar-refractivity contribution in [1.29, 1.82) is 0 Å². The second-order valence-corrected chi connectivity index (χ2v) is 6.48. The summed E-state index contributed by atoms with van der Waals surface area (Å²) in [6.45, 7) is 4.93. The molecule has 3 aromatic carbocycles. The number of hydrogen-bond acceptors (Lipinski definition) is 2. The number of halogens is 1. The van der Waals surface area contributed by atoms with E-state index in [1.807, 2.05) is 48.5 Å². The maximum Gasteiger partial charge on any atom is 0.150 e. The fraction of sp³-hybridized carbons (Fsp3) is 0.0909. The van der Waals surface area contributed by atoms with E-state index in [2.05, 4.69) is 41.8 Å². The Balaban J connectivity index is 1.83. The van der Waals surface area contributed by atoms with Gasteiger partial charge in [0, 0.05) is 17.1 Å². The molecule has 1 aliphatic heterocycles. The number of benzene rings is 3. The SMILES string of the molecule is C=C1Oc2ccccc2N(Cc2ccccc2)[C@H]1c1ccccc1Cl. The molecule has 0 saturated carbocycles. The predicted octanol–water partition coefficient (Wildman–Crippen LogP) is 5.99. The quantitative estimate of drug-likeness (QED) is 0.576.